The second kappa shape index (κ2) is 7.68. The number of rotatable bonds is 7. The lowest BCUT2D eigenvalue weighted by Gasteiger charge is -2.42. The zero-order valence-electron chi connectivity index (χ0n) is 15.6. The summed E-state index contributed by atoms with van der Waals surface area (Å²) >= 11 is 0. The molecule has 0 aliphatic heterocycles. The summed E-state index contributed by atoms with van der Waals surface area (Å²) < 4.78 is 5.43. The fourth-order valence-electron chi connectivity index (χ4n) is 3.85. The summed E-state index contributed by atoms with van der Waals surface area (Å²) in [5, 5.41) is 7.00. The average Bonchev–Trinajstić information content (AvgIpc) is 2.59. The van der Waals surface area contributed by atoms with Crippen LogP contribution in [0.15, 0.2) is 6.20 Å². The Bertz CT molecular complexity index is 602. The van der Waals surface area contributed by atoms with E-state index in [4.69, 9.17) is 4.74 Å². The van der Waals surface area contributed by atoms with Gasteiger partial charge in [-0.05, 0) is 58.3 Å². The van der Waals surface area contributed by atoms with Crippen LogP contribution in [-0.4, -0.2) is 40.5 Å². The number of aromatic nitrogens is 2. The van der Waals surface area contributed by atoms with Gasteiger partial charge in [0.25, 0.3) is 0 Å². The molecule has 2 aliphatic carbocycles. The molecular formula is C19H30N4O2. The molecule has 0 bridgehead atoms. The molecule has 1 aromatic heterocycles. The molecule has 6 heteroatoms. The molecule has 2 fully saturated rings. The van der Waals surface area contributed by atoms with Crippen molar-refractivity contribution < 1.29 is 9.53 Å². The molecule has 0 aromatic carbocycles. The zero-order valence-corrected chi connectivity index (χ0v) is 15.6. The van der Waals surface area contributed by atoms with Gasteiger partial charge in [-0.1, -0.05) is 6.92 Å². The van der Waals surface area contributed by atoms with Crippen LogP contribution < -0.4 is 10.6 Å². The van der Waals surface area contributed by atoms with Crippen molar-refractivity contribution in [3.05, 3.63) is 11.8 Å². The van der Waals surface area contributed by atoms with Crippen molar-refractivity contribution in [2.75, 3.05) is 17.7 Å². The molecule has 2 saturated carbocycles. The molecule has 0 spiro atoms. The number of carbonyl (C=O) groups excluding carboxylic acids is 1. The molecule has 1 heterocycles. The molecule has 2 N–H and O–H groups in total. The molecular weight excluding hydrogens is 316 g/mol. The minimum Gasteiger partial charge on any atom is -0.381 e. The summed E-state index contributed by atoms with van der Waals surface area (Å²) in [6.07, 6.45) is 10.8. The van der Waals surface area contributed by atoms with Gasteiger partial charge in [0, 0.05) is 24.9 Å². The highest BCUT2D eigenvalue weighted by Gasteiger charge is 2.36. The second-order valence-corrected chi connectivity index (χ2v) is 7.48. The summed E-state index contributed by atoms with van der Waals surface area (Å²) in [7, 11) is 1.78. The van der Waals surface area contributed by atoms with Crippen molar-refractivity contribution in [2.45, 2.75) is 82.9 Å². The van der Waals surface area contributed by atoms with E-state index in [0.717, 1.165) is 44.9 Å². The number of ketones is 1. The maximum Gasteiger partial charge on any atom is 0.224 e. The number of hydrogen-bond acceptors (Lipinski definition) is 6. The monoisotopic (exact) mass is 346 g/mol. The van der Waals surface area contributed by atoms with Crippen LogP contribution >= 0.6 is 0 Å². The number of carbonyl (C=O) groups is 1. The van der Waals surface area contributed by atoms with E-state index >= 15 is 0 Å². The van der Waals surface area contributed by atoms with E-state index in [9.17, 15) is 4.79 Å². The van der Waals surface area contributed by atoms with Crippen molar-refractivity contribution in [3.8, 4) is 0 Å². The Hall–Kier alpha value is -1.69. The topological polar surface area (TPSA) is 76.1 Å². The first-order valence-corrected chi connectivity index (χ1v) is 9.51. The molecule has 6 nitrogen and oxygen atoms in total. The van der Waals surface area contributed by atoms with Crippen molar-refractivity contribution in [3.63, 3.8) is 0 Å². The maximum absolute atomic E-state index is 12.0. The quantitative estimate of drug-likeness (QED) is 0.732. The Morgan fingerprint density at radius 2 is 2.04 bits per heavy atom. The van der Waals surface area contributed by atoms with Crippen molar-refractivity contribution in [2.24, 2.45) is 0 Å². The number of Topliss-reactive ketones (excluding diaryl/α,β-unsaturated/α-hetero) is 1. The van der Waals surface area contributed by atoms with Gasteiger partial charge in [0.15, 0.2) is 5.78 Å². The zero-order chi connectivity index (χ0) is 17.9. The van der Waals surface area contributed by atoms with Gasteiger partial charge in [-0.15, -0.1) is 0 Å². The highest BCUT2D eigenvalue weighted by molar-refractivity contribution is 5.98. The minimum absolute atomic E-state index is 0.000212. The number of nitrogens with one attached hydrogen (secondary N) is 2. The highest BCUT2D eigenvalue weighted by atomic mass is 16.5. The fraction of sp³-hybridized carbons (Fsp3) is 0.737. The predicted octanol–water partition coefficient (Wildman–Crippen LogP) is 3.79. The lowest BCUT2D eigenvalue weighted by atomic mass is 9.75. The van der Waals surface area contributed by atoms with Gasteiger partial charge >= 0.3 is 0 Å². The van der Waals surface area contributed by atoms with Gasteiger partial charge in [0.05, 0.1) is 11.7 Å². The summed E-state index contributed by atoms with van der Waals surface area (Å²) in [5.74, 6) is 1.29. The van der Waals surface area contributed by atoms with Crippen molar-refractivity contribution in [1.82, 2.24) is 9.97 Å². The third-order valence-corrected chi connectivity index (χ3v) is 5.88. The third-order valence-electron chi connectivity index (χ3n) is 5.88. The Labute approximate surface area is 150 Å². The van der Waals surface area contributed by atoms with Crippen LogP contribution in [0.3, 0.4) is 0 Å². The van der Waals surface area contributed by atoms with E-state index in [1.165, 1.54) is 6.42 Å². The number of methoxy groups -OCH3 is 1. The number of nitrogens with zero attached hydrogens (tertiary/aromatic N) is 2. The van der Waals surface area contributed by atoms with E-state index in [1.807, 2.05) is 0 Å². The molecule has 0 radical (unpaired) electrons. The van der Waals surface area contributed by atoms with E-state index in [-0.39, 0.29) is 11.3 Å². The van der Waals surface area contributed by atoms with E-state index in [2.05, 4.69) is 27.5 Å². The Balaban J connectivity index is 1.72. The fourth-order valence-corrected chi connectivity index (χ4v) is 3.85. The highest BCUT2D eigenvalue weighted by Crippen LogP contribution is 2.38. The van der Waals surface area contributed by atoms with Gasteiger partial charge in [0.1, 0.15) is 5.82 Å². The maximum atomic E-state index is 12.0. The number of hydrogen-bond donors (Lipinski definition) is 2. The van der Waals surface area contributed by atoms with Crippen LogP contribution in [-0.2, 0) is 4.74 Å². The van der Waals surface area contributed by atoms with Crippen LogP contribution in [0.1, 0.15) is 75.6 Å². The molecule has 0 saturated heterocycles. The Kier molecular flexibility index (Phi) is 5.57. The van der Waals surface area contributed by atoms with Gasteiger partial charge in [0.2, 0.25) is 5.95 Å². The Morgan fingerprint density at radius 3 is 2.56 bits per heavy atom. The third kappa shape index (κ3) is 4.11. The smallest absolute Gasteiger partial charge is 0.224 e. The van der Waals surface area contributed by atoms with Crippen molar-refractivity contribution >= 4 is 17.5 Å². The lowest BCUT2D eigenvalue weighted by molar-refractivity contribution is 0.0681. The van der Waals surface area contributed by atoms with E-state index in [0.29, 0.717) is 29.5 Å². The van der Waals surface area contributed by atoms with Crippen LogP contribution in [0, 0.1) is 0 Å². The van der Waals surface area contributed by atoms with Crippen molar-refractivity contribution in [1.29, 1.82) is 0 Å². The first-order chi connectivity index (χ1) is 12.0. The SMILES string of the molecule is CCC1(Nc2nc(N[C@H]3CC[C@H](OC)CC3)ncc2C(C)=O)CCC1. The van der Waals surface area contributed by atoms with Gasteiger partial charge in [-0.25, -0.2) is 4.98 Å². The Morgan fingerprint density at radius 1 is 1.32 bits per heavy atom. The normalized spacial score (nSPS) is 25.1. The summed E-state index contributed by atoms with van der Waals surface area (Å²) in [4.78, 5) is 21.0. The number of anilines is 2. The summed E-state index contributed by atoms with van der Waals surface area (Å²) in [5.41, 5.74) is 0.667. The molecule has 0 atom stereocenters. The van der Waals surface area contributed by atoms with Gasteiger partial charge < -0.3 is 15.4 Å². The van der Waals surface area contributed by atoms with E-state index < -0.39 is 0 Å². The summed E-state index contributed by atoms with van der Waals surface area (Å²) in [6.45, 7) is 3.76. The predicted molar refractivity (Wildman–Crippen MR) is 99.2 cm³/mol. The van der Waals surface area contributed by atoms with Crippen LogP contribution in [0.25, 0.3) is 0 Å². The standard InChI is InChI=1S/C19H30N4O2/c1-4-19(10-5-11-19)23-17-16(13(2)24)12-20-18(22-17)21-14-6-8-15(25-3)9-7-14/h12,14-15H,4-11H2,1-3H3,(H2,20,21,22,23)/t14-,15-. The summed E-state index contributed by atoms with van der Waals surface area (Å²) in [6, 6.07) is 0.367. The first kappa shape index (κ1) is 18.1. The molecule has 1 aromatic rings. The lowest BCUT2D eigenvalue weighted by Crippen LogP contribution is -2.45. The minimum atomic E-state index is 0.000212. The molecule has 0 unspecified atom stereocenters. The van der Waals surface area contributed by atoms with Crippen LogP contribution in [0.4, 0.5) is 11.8 Å². The van der Waals surface area contributed by atoms with Gasteiger partial charge in [-0.3, -0.25) is 4.79 Å². The van der Waals surface area contributed by atoms with Crippen LogP contribution in [0.5, 0.6) is 0 Å². The number of ether oxygens (including phenoxy) is 1. The van der Waals surface area contributed by atoms with Gasteiger partial charge in [-0.2, -0.15) is 4.98 Å². The van der Waals surface area contributed by atoms with Crippen LogP contribution in [0.2, 0.25) is 0 Å². The largest absolute Gasteiger partial charge is 0.381 e. The second-order valence-electron chi connectivity index (χ2n) is 7.48. The average molecular weight is 346 g/mol. The molecule has 0 amide bonds. The molecule has 2 aliphatic rings. The molecule has 3 rings (SSSR count). The first-order valence-electron chi connectivity index (χ1n) is 9.51. The molecule has 138 valence electrons. The van der Waals surface area contributed by atoms with E-state index in [1.54, 1.807) is 20.2 Å². The molecule has 25 heavy (non-hydrogen) atoms.